The minimum atomic E-state index is -2.99. The number of esters is 3. The molecule has 5 aliphatic rings. The summed E-state index contributed by atoms with van der Waals surface area (Å²) in [5, 5.41) is 27.8. The second-order valence-electron chi connectivity index (χ2n) is 35.9. The number of hydrogen-bond acceptors (Lipinski definition) is 28. The zero-order valence-electron chi connectivity index (χ0n) is 79.0. The van der Waals surface area contributed by atoms with Gasteiger partial charge in [0.25, 0.3) is 0 Å². The molecule has 1 aliphatic carbocycles. The third kappa shape index (κ3) is 28.9. The van der Waals surface area contributed by atoms with Crippen LogP contribution in [0.25, 0.3) is 6.08 Å². The Labute approximate surface area is 823 Å². The normalized spacial score (nSPS) is 24.7. The molecule has 4 saturated heterocycles. The highest BCUT2D eigenvalue weighted by Gasteiger charge is 2.61. The molecule has 33 nitrogen and oxygen atoms in total. The third-order valence-electron chi connectivity index (χ3n) is 24.9. The summed E-state index contributed by atoms with van der Waals surface area (Å²) in [4.78, 5) is 120. The van der Waals surface area contributed by atoms with E-state index in [1.807, 2.05) is 82.4 Å². The first kappa shape index (κ1) is 103. The summed E-state index contributed by atoms with van der Waals surface area (Å²) in [7, 11) is -2.99. The Kier molecular flexibility index (Phi) is 36.7. The van der Waals surface area contributed by atoms with Gasteiger partial charge in [-0.1, -0.05) is 300 Å². The molecule has 20 atom stereocenters. The largest absolute Gasteiger partial charge is 0.453 e. The summed E-state index contributed by atoms with van der Waals surface area (Å²) in [6, 6.07) is 79.6. The number of carbonyl (C=O) groups excluding carboxylic acids is 8. The van der Waals surface area contributed by atoms with Crippen molar-refractivity contribution in [2.45, 2.75) is 201 Å². The predicted octanol–water partition coefficient (Wildman–Crippen LogP) is 15.1. The van der Waals surface area contributed by atoms with Crippen LogP contribution in [0, 0.1) is 0 Å². The van der Waals surface area contributed by atoms with Crippen molar-refractivity contribution in [3.8, 4) is 0 Å². The number of alkyl carbamates (subject to hydrolysis) is 5. The standard InChI is InChI=1S/C108H117N5O28Si/c1-108(2,3)142(4,5)131-69-84-91(140-100-85(112-106(121)129-66-74-45-24-10-25-46-74)92(136-97(116)77-52-30-13-31-53-77)89(135-96(115)76-50-28-12-29-51-76)82(132-100)62-109-103(118)126-63-71-39-18-7-19-40-71)95(124-60-59-123-58-36-49-70-37-16-6-17-38-70)102(134-84)141-94-87(114)80(110-104(119)127-64-72-41-20-8-21-42-72)61-81(111-105(120)128-65-73-43-22-9-23-44-73)88(94)138-101-86(113-107(122)130-67-75-47-26-11-27-48-75)93(137-98(117)78-54-32-14-33-55-78)90-83(133-101)68-125-99(139-90)79-56-34-15-35-57-79/h6-57,80-95,99-102,114H,58-69H2,1-5H3,(H,109,118)(H,110,119)(H,111,120)(H,112,121)(H,113,122)/b49-36+/t80-,81+,82+,83-,84-,85-,86-,87+,88-,89-,90-,91-,92-,93-,94-,95-,99?,100-,101-,102+/m1/s1. The van der Waals surface area contributed by atoms with Gasteiger partial charge in [-0.15, -0.1) is 0 Å². The number of rotatable bonds is 39. The summed E-state index contributed by atoms with van der Waals surface area (Å²) < 4.78 is 128. The Hall–Kier alpha value is -13.6. The van der Waals surface area contributed by atoms with Crippen molar-refractivity contribution in [1.82, 2.24) is 26.6 Å². The van der Waals surface area contributed by atoms with Crippen molar-refractivity contribution < 1.29 is 133 Å². The van der Waals surface area contributed by atoms with Crippen LogP contribution in [0.1, 0.15) is 104 Å². The number of amides is 5. The van der Waals surface area contributed by atoms with Gasteiger partial charge in [0.1, 0.15) is 100 Å². The molecule has 746 valence electrons. The molecule has 10 aromatic rings. The van der Waals surface area contributed by atoms with Crippen LogP contribution in [0.3, 0.4) is 0 Å². The van der Waals surface area contributed by atoms with Crippen LogP contribution < -0.4 is 26.6 Å². The first-order valence-corrected chi connectivity index (χ1v) is 50.0. The number of fused-ring (bicyclic) bond motifs is 1. The van der Waals surface area contributed by atoms with E-state index in [1.165, 1.54) is 36.4 Å². The average Bonchev–Trinajstić information content (AvgIpc) is 1.62. The first-order chi connectivity index (χ1) is 69.0. The molecule has 0 bridgehead atoms. The molecule has 34 heteroatoms. The molecule has 0 radical (unpaired) electrons. The fourth-order valence-electron chi connectivity index (χ4n) is 16.5. The van der Waals surface area contributed by atoms with E-state index in [-0.39, 0.29) is 82.8 Å². The number of carbonyl (C=O) groups is 8. The molecule has 1 saturated carbocycles. The van der Waals surface area contributed by atoms with E-state index < -0.39 is 197 Å². The van der Waals surface area contributed by atoms with Crippen molar-refractivity contribution >= 4 is 62.8 Å². The summed E-state index contributed by atoms with van der Waals surface area (Å²) in [6.07, 6.45) is -29.2. The molecule has 4 heterocycles. The molecular weight excluding hydrogens is 1840 g/mol. The molecule has 0 aromatic heterocycles. The van der Waals surface area contributed by atoms with Gasteiger partial charge in [-0.25, -0.2) is 38.4 Å². The lowest BCUT2D eigenvalue weighted by Gasteiger charge is -2.51. The van der Waals surface area contributed by atoms with Gasteiger partial charge in [-0.3, -0.25) is 0 Å². The molecule has 6 N–H and O–H groups in total. The van der Waals surface area contributed by atoms with Gasteiger partial charge in [-0.05, 0) is 94.3 Å². The number of aliphatic hydroxyl groups is 1. The summed E-state index contributed by atoms with van der Waals surface area (Å²) >= 11 is 0. The SMILES string of the molecule is CC(C)(C)[Si](C)(C)OC[C@H]1O[C@@H](O[C@@H]2[C@@H](O)[C@H](NC(=O)OCc3ccccc3)C[C@H](NC(=O)OCc3ccccc3)[C@H]2O[C@H]2O[C@@H]3COC(c4ccccc4)O[C@H]3[C@H](OC(=O)c3ccccc3)[C@H]2NC(=O)OCc2ccccc2)[C@H](OCCOC/C=C/c2ccccc2)[C@@H]1O[C@H]1O[C@@H](CNC(=O)OCc2ccccc2)[C@@H](OC(=O)c2ccccc2)[C@H](OC(=O)c2ccccc2)[C@H]1NC(=O)OCc1ccccc1. The highest BCUT2D eigenvalue weighted by Crippen LogP contribution is 2.43. The van der Waals surface area contributed by atoms with Crippen molar-refractivity contribution in [3.63, 3.8) is 0 Å². The Morgan fingerprint density at radius 1 is 0.401 bits per heavy atom. The summed E-state index contributed by atoms with van der Waals surface area (Å²) in [5.41, 5.74) is 4.56. The van der Waals surface area contributed by atoms with E-state index in [0.717, 1.165) is 5.56 Å². The monoisotopic (exact) mass is 1960 g/mol. The Bertz CT molecular complexity index is 5690. The molecular formula is C108H117N5O28Si. The van der Waals surface area contributed by atoms with E-state index in [2.05, 4.69) is 26.6 Å². The molecule has 1 unspecified atom stereocenters. The van der Waals surface area contributed by atoms with Gasteiger partial charge >= 0.3 is 48.4 Å². The number of ether oxygens (including phenoxy) is 18. The molecule has 142 heavy (non-hydrogen) atoms. The molecule has 5 fully saturated rings. The van der Waals surface area contributed by atoms with Crippen molar-refractivity contribution in [3.05, 3.63) is 365 Å². The zero-order chi connectivity index (χ0) is 99.2. The highest BCUT2D eigenvalue weighted by atomic mass is 28.4. The smallest absolute Gasteiger partial charge is 0.407 e. The number of benzene rings is 10. The maximum atomic E-state index is 15.3. The van der Waals surface area contributed by atoms with Gasteiger partial charge in [0.05, 0.1) is 68.4 Å². The van der Waals surface area contributed by atoms with Gasteiger partial charge < -0.3 is 121 Å². The molecule has 10 aromatic carbocycles. The van der Waals surface area contributed by atoms with Crippen molar-refractivity contribution in [2.75, 3.05) is 39.6 Å². The van der Waals surface area contributed by atoms with Crippen LogP contribution in [-0.4, -0.2) is 218 Å². The fourth-order valence-corrected chi connectivity index (χ4v) is 17.5. The first-order valence-electron chi connectivity index (χ1n) is 47.1. The third-order valence-corrected chi connectivity index (χ3v) is 29.4. The van der Waals surface area contributed by atoms with E-state index >= 15 is 24.0 Å². The number of aliphatic hydroxyl groups excluding tert-OH is 1. The van der Waals surface area contributed by atoms with E-state index in [9.17, 15) is 19.5 Å². The Balaban J connectivity index is 0.878. The maximum absolute atomic E-state index is 15.3. The summed E-state index contributed by atoms with van der Waals surface area (Å²) in [5.74, 6) is -2.83. The van der Waals surface area contributed by atoms with Crippen LogP contribution in [0.15, 0.2) is 309 Å². The average molecular weight is 1960 g/mol. The van der Waals surface area contributed by atoms with Gasteiger partial charge in [-0.2, -0.15) is 0 Å². The van der Waals surface area contributed by atoms with Crippen LogP contribution >= 0.6 is 0 Å². The molecule has 5 amide bonds. The lowest BCUT2D eigenvalue weighted by molar-refractivity contribution is -0.358. The fraction of sp³-hybridized carbons (Fsp3) is 0.352. The van der Waals surface area contributed by atoms with Crippen molar-refractivity contribution in [1.29, 1.82) is 0 Å². The minimum Gasteiger partial charge on any atom is -0.453 e. The Morgan fingerprint density at radius 3 is 1.27 bits per heavy atom. The highest BCUT2D eigenvalue weighted by molar-refractivity contribution is 6.74. The van der Waals surface area contributed by atoms with E-state index in [1.54, 1.807) is 231 Å². The van der Waals surface area contributed by atoms with Crippen LogP contribution in [0.4, 0.5) is 24.0 Å². The van der Waals surface area contributed by atoms with Gasteiger partial charge in [0.15, 0.2) is 51.8 Å². The second kappa shape index (κ2) is 50.7. The van der Waals surface area contributed by atoms with E-state index in [0.29, 0.717) is 33.4 Å². The van der Waals surface area contributed by atoms with Crippen molar-refractivity contribution in [2.24, 2.45) is 0 Å². The van der Waals surface area contributed by atoms with Crippen LogP contribution in [0.2, 0.25) is 18.1 Å². The minimum absolute atomic E-state index is 0.00493. The van der Waals surface area contributed by atoms with Crippen LogP contribution in [0.5, 0.6) is 0 Å². The second-order valence-corrected chi connectivity index (χ2v) is 40.7. The molecule has 4 aliphatic heterocycles. The number of hydrogen-bond donors (Lipinski definition) is 6. The zero-order valence-corrected chi connectivity index (χ0v) is 80.0. The quantitative estimate of drug-likeness (QED) is 0.00902. The molecule has 0 spiro atoms. The van der Waals surface area contributed by atoms with E-state index in [4.69, 9.17) is 89.7 Å². The van der Waals surface area contributed by atoms with Gasteiger partial charge in [0, 0.05) is 5.56 Å². The molecule has 15 rings (SSSR count). The lowest BCUT2D eigenvalue weighted by Crippen LogP contribution is -2.71. The lowest BCUT2D eigenvalue weighted by atomic mass is 9.83. The number of nitrogens with one attached hydrogen (secondary N) is 5. The Morgan fingerprint density at radius 2 is 0.796 bits per heavy atom. The predicted molar refractivity (Wildman–Crippen MR) is 516 cm³/mol. The summed E-state index contributed by atoms with van der Waals surface area (Å²) in [6.45, 7) is 7.05. The topological polar surface area (TPSA) is 392 Å². The van der Waals surface area contributed by atoms with Gasteiger partial charge in [0.2, 0.25) is 0 Å². The maximum Gasteiger partial charge on any atom is 0.407 e. The van der Waals surface area contributed by atoms with Crippen LogP contribution in [-0.2, 0) is 123 Å².